The molecule has 2 nitrogen and oxygen atoms in total. The first-order valence-electron chi connectivity index (χ1n) is 8.69. The quantitative estimate of drug-likeness (QED) is 0.851. The molecule has 0 spiro atoms. The minimum absolute atomic E-state index is 0.332. The van der Waals surface area contributed by atoms with Crippen LogP contribution in [-0.4, -0.2) is 23.0 Å². The maximum Gasteiger partial charge on any atom is 0.0357 e. The van der Waals surface area contributed by atoms with Crippen LogP contribution in [0.1, 0.15) is 69.5 Å². The van der Waals surface area contributed by atoms with E-state index in [0.717, 1.165) is 12.1 Å². The van der Waals surface area contributed by atoms with Crippen molar-refractivity contribution in [1.82, 2.24) is 4.90 Å². The molecule has 114 valence electrons. The van der Waals surface area contributed by atoms with Crippen LogP contribution >= 0.6 is 0 Å². The summed E-state index contributed by atoms with van der Waals surface area (Å²) in [4.78, 5) is 2.86. The average molecular weight is 284 g/mol. The first-order chi connectivity index (χ1) is 10.1. The van der Waals surface area contributed by atoms with E-state index >= 15 is 0 Å². The van der Waals surface area contributed by atoms with E-state index < -0.39 is 0 Å². The molecule has 0 aromatic heterocycles. The molecule has 2 heteroatoms. The SMILES string of the molecule is CC1(C)CCC(N2C3CCC2CC(N)C3)c2ccccc21. The summed E-state index contributed by atoms with van der Waals surface area (Å²) in [5.74, 6) is 0. The normalized spacial score (nSPS) is 38.2. The van der Waals surface area contributed by atoms with Crippen molar-refractivity contribution in [1.29, 1.82) is 0 Å². The molecule has 0 amide bonds. The molecule has 2 bridgehead atoms. The van der Waals surface area contributed by atoms with Gasteiger partial charge in [0.15, 0.2) is 0 Å². The van der Waals surface area contributed by atoms with Gasteiger partial charge in [-0.1, -0.05) is 38.1 Å². The van der Waals surface area contributed by atoms with Crippen molar-refractivity contribution < 1.29 is 0 Å². The lowest BCUT2D eigenvalue weighted by Crippen LogP contribution is -2.50. The Bertz CT molecular complexity index is 522. The lowest BCUT2D eigenvalue weighted by molar-refractivity contribution is 0.0619. The van der Waals surface area contributed by atoms with Gasteiger partial charge in [0.1, 0.15) is 0 Å². The first kappa shape index (κ1) is 13.8. The highest BCUT2D eigenvalue weighted by Crippen LogP contribution is 2.49. The molecule has 1 aliphatic carbocycles. The fraction of sp³-hybridized carbons (Fsp3) is 0.684. The van der Waals surface area contributed by atoms with Gasteiger partial charge in [0.25, 0.3) is 0 Å². The van der Waals surface area contributed by atoms with Crippen molar-refractivity contribution in [3.8, 4) is 0 Å². The average Bonchev–Trinajstić information content (AvgIpc) is 2.72. The summed E-state index contributed by atoms with van der Waals surface area (Å²) in [5, 5.41) is 0. The minimum Gasteiger partial charge on any atom is -0.328 e. The predicted octanol–water partition coefficient (Wildman–Crippen LogP) is 3.75. The Labute approximate surface area is 128 Å². The van der Waals surface area contributed by atoms with Crippen molar-refractivity contribution >= 4 is 0 Å². The highest BCUT2D eigenvalue weighted by Gasteiger charge is 2.45. The van der Waals surface area contributed by atoms with Crippen molar-refractivity contribution in [2.24, 2.45) is 5.73 Å². The molecule has 4 rings (SSSR count). The van der Waals surface area contributed by atoms with Crippen LogP contribution in [0.5, 0.6) is 0 Å². The summed E-state index contributed by atoms with van der Waals surface area (Å²) in [6, 6.07) is 11.7. The largest absolute Gasteiger partial charge is 0.328 e. The molecule has 1 aromatic rings. The zero-order valence-corrected chi connectivity index (χ0v) is 13.4. The Kier molecular flexibility index (Phi) is 3.16. The van der Waals surface area contributed by atoms with Gasteiger partial charge >= 0.3 is 0 Å². The number of benzene rings is 1. The Balaban J connectivity index is 1.71. The van der Waals surface area contributed by atoms with Crippen molar-refractivity contribution in [3.63, 3.8) is 0 Å². The van der Waals surface area contributed by atoms with Crippen molar-refractivity contribution in [3.05, 3.63) is 35.4 Å². The summed E-state index contributed by atoms with van der Waals surface area (Å²) >= 11 is 0. The summed E-state index contributed by atoms with van der Waals surface area (Å²) < 4.78 is 0. The van der Waals surface area contributed by atoms with Gasteiger partial charge in [-0.25, -0.2) is 0 Å². The summed E-state index contributed by atoms with van der Waals surface area (Å²) in [6.07, 6.45) is 7.75. The molecule has 0 radical (unpaired) electrons. The summed E-state index contributed by atoms with van der Waals surface area (Å²) in [5.41, 5.74) is 9.77. The van der Waals surface area contributed by atoms with E-state index in [1.54, 1.807) is 11.1 Å². The number of hydrogen-bond donors (Lipinski definition) is 1. The third-order valence-electron chi connectivity index (χ3n) is 6.28. The molecule has 3 atom stereocenters. The van der Waals surface area contributed by atoms with Crippen molar-refractivity contribution in [2.45, 2.75) is 82.0 Å². The third kappa shape index (κ3) is 2.15. The van der Waals surface area contributed by atoms with E-state index in [1.807, 2.05) is 0 Å². The second-order valence-electron chi connectivity index (χ2n) is 8.09. The highest BCUT2D eigenvalue weighted by molar-refractivity contribution is 5.38. The van der Waals surface area contributed by atoms with E-state index in [1.165, 1.54) is 38.5 Å². The third-order valence-corrected chi connectivity index (χ3v) is 6.28. The fourth-order valence-corrected chi connectivity index (χ4v) is 5.27. The molecular weight excluding hydrogens is 256 g/mol. The lowest BCUT2D eigenvalue weighted by Gasteiger charge is -2.47. The summed E-state index contributed by atoms with van der Waals surface area (Å²) in [6.45, 7) is 4.81. The minimum atomic E-state index is 0.332. The number of fused-ring (bicyclic) bond motifs is 3. The molecule has 3 aliphatic rings. The highest BCUT2D eigenvalue weighted by atomic mass is 15.3. The first-order valence-corrected chi connectivity index (χ1v) is 8.69. The van der Waals surface area contributed by atoms with Gasteiger partial charge in [-0.15, -0.1) is 0 Å². The molecule has 2 aliphatic heterocycles. The van der Waals surface area contributed by atoms with Crippen LogP contribution in [0.25, 0.3) is 0 Å². The Morgan fingerprint density at radius 2 is 1.71 bits per heavy atom. The number of piperidine rings is 1. The molecule has 3 unspecified atom stereocenters. The van der Waals surface area contributed by atoms with Gasteiger partial charge < -0.3 is 5.73 Å². The summed E-state index contributed by atoms with van der Waals surface area (Å²) in [7, 11) is 0. The van der Waals surface area contributed by atoms with Gasteiger partial charge in [-0.2, -0.15) is 0 Å². The van der Waals surface area contributed by atoms with E-state index in [-0.39, 0.29) is 0 Å². The standard InChI is InChI=1S/C19H28N2/c1-19(2)10-9-18(16-5-3-4-6-17(16)19)21-14-7-8-15(21)12-13(20)11-14/h3-6,13-15,18H,7-12,20H2,1-2H3. The monoisotopic (exact) mass is 284 g/mol. The van der Waals surface area contributed by atoms with E-state index in [0.29, 0.717) is 17.5 Å². The molecule has 2 fully saturated rings. The van der Waals surface area contributed by atoms with Crippen molar-refractivity contribution in [2.75, 3.05) is 0 Å². The Morgan fingerprint density at radius 1 is 1.05 bits per heavy atom. The van der Waals surface area contributed by atoms with Crippen LogP contribution in [-0.2, 0) is 5.41 Å². The van der Waals surface area contributed by atoms with E-state index in [2.05, 4.69) is 43.0 Å². The Hall–Kier alpha value is -0.860. The van der Waals surface area contributed by atoms with Crippen LogP contribution in [0, 0.1) is 0 Å². The molecule has 2 heterocycles. The van der Waals surface area contributed by atoms with Crippen LogP contribution in [0.3, 0.4) is 0 Å². The second kappa shape index (κ2) is 4.82. The smallest absolute Gasteiger partial charge is 0.0357 e. The van der Waals surface area contributed by atoms with E-state index in [9.17, 15) is 0 Å². The van der Waals surface area contributed by atoms with Crippen LogP contribution in [0.15, 0.2) is 24.3 Å². The van der Waals surface area contributed by atoms with Gasteiger partial charge in [-0.3, -0.25) is 4.90 Å². The zero-order valence-electron chi connectivity index (χ0n) is 13.4. The molecule has 2 N–H and O–H groups in total. The fourth-order valence-electron chi connectivity index (χ4n) is 5.27. The molecule has 2 saturated heterocycles. The number of nitrogens with two attached hydrogens (primary N) is 1. The molecule has 0 saturated carbocycles. The molecule has 21 heavy (non-hydrogen) atoms. The molecular formula is C19H28N2. The number of nitrogens with zero attached hydrogens (tertiary/aromatic N) is 1. The Morgan fingerprint density at radius 3 is 2.43 bits per heavy atom. The van der Waals surface area contributed by atoms with Gasteiger partial charge in [0.05, 0.1) is 0 Å². The van der Waals surface area contributed by atoms with Crippen LogP contribution in [0.4, 0.5) is 0 Å². The number of hydrogen-bond acceptors (Lipinski definition) is 2. The lowest BCUT2D eigenvalue weighted by atomic mass is 9.70. The van der Waals surface area contributed by atoms with E-state index in [4.69, 9.17) is 5.73 Å². The van der Waals surface area contributed by atoms with Gasteiger partial charge in [-0.05, 0) is 55.1 Å². The topological polar surface area (TPSA) is 29.3 Å². The number of rotatable bonds is 1. The van der Waals surface area contributed by atoms with Crippen LogP contribution < -0.4 is 5.73 Å². The predicted molar refractivity (Wildman–Crippen MR) is 87.3 cm³/mol. The van der Waals surface area contributed by atoms with Gasteiger partial charge in [0, 0.05) is 24.2 Å². The van der Waals surface area contributed by atoms with Crippen LogP contribution in [0.2, 0.25) is 0 Å². The maximum absolute atomic E-state index is 6.26. The van der Waals surface area contributed by atoms with Gasteiger partial charge in [0.2, 0.25) is 0 Å². The zero-order chi connectivity index (χ0) is 14.6. The maximum atomic E-state index is 6.26. The molecule has 1 aromatic carbocycles. The second-order valence-corrected chi connectivity index (χ2v) is 8.09.